The summed E-state index contributed by atoms with van der Waals surface area (Å²) in [4.78, 5) is 15.4. The lowest BCUT2D eigenvalue weighted by Crippen LogP contribution is -2.27. The molecule has 17 heavy (non-hydrogen) atoms. The molecule has 0 aliphatic heterocycles. The molecule has 0 saturated carbocycles. The molecule has 0 unspecified atom stereocenters. The summed E-state index contributed by atoms with van der Waals surface area (Å²) in [6.45, 7) is 7.11. The molecule has 0 fully saturated rings. The minimum Gasteiger partial charge on any atom is -0.444 e. The molecule has 0 saturated heterocycles. The van der Waals surface area contributed by atoms with E-state index in [0.29, 0.717) is 5.69 Å². The second kappa shape index (κ2) is 5.10. The Morgan fingerprint density at radius 1 is 1.41 bits per heavy atom. The van der Waals surface area contributed by atoms with Crippen molar-refractivity contribution in [2.24, 2.45) is 0 Å². The summed E-state index contributed by atoms with van der Waals surface area (Å²) in [6.07, 6.45) is -0.577. The molecule has 1 aromatic heterocycles. The van der Waals surface area contributed by atoms with Gasteiger partial charge < -0.3 is 4.74 Å². The summed E-state index contributed by atoms with van der Waals surface area (Å²) in [7, 11) is 0. The van der Waals surface area contributed by atoms with E-state index in [-0.39, 0.29) is 10.3 Å². The molecule has 0 atom stereocenters. The molecule has 1 rings (SSSR count). The van der Waals surface area contributed by atoms with Gasteiger partial charge in [0.25, 0.3) is 0 Å². The van der Waals surface area contributed by atoms with Crippen LogP contribution in [0.5, 0.6) is 0 Å². The number of aromatic nitrogens is 1. The van der Waals surface area contributed by atoms with Gasteiger partial charge in [0, 0.05) is 0 Å². The Morgan fingerprint density at radius 3 is 2.47 bits per heavy atom. The highest BCUT2D eigenvalue weighted by Crippen LogP contribution is 2.26. The maximum absolute atomic E-state index is 11.6. The standard InChI is InChI=1S/C11H14Cl2N2O2/c1-6-5-7(12)14-9(13)8(6)15-10(16)17-11(2,3)4/h5H,1-4H3,(H,15,16). The van der Waals surface area contributed by atoms with Crippen molar-refractivity contribution < 1.29 is 9.53 Å². The number of halogens is 2. The molecule has 6 heteroatoms. The van der Waals surface area contributed by atoms with Crippen LogP contribution in [0, 0.1) is 6.92 Å². The number of amides is 1. The number of carbonyl (C=O) groups is 1. The highest BCUT2D eigenvalue weighted by molar-refractivity contribution is 6.34. The number of pyridine rings is 1. The van der Waals surface area contributed by atoms with Crippen molar-refractivity contribution >= 4 is 35.0 Å². The van der Waals surface area contributed by atoms with Crippen LogP contribution in [0.3, 0.4) is 0 Å². The van der Waals surface area contributed by atoms with E-state index in [1.807, 2.05) is 0 Å². The highest BCUT2D eigenvalue weighted by atomic mass is 35.5. The summed E-state index contributed by atoms with van der Waals surface area (Å²) in [6, 6.07) is 1.61. The zero-order chi connectivity index (χ0) is 13.2. The number of carbonyl (C=O) groups excluding carboxylic acids is 1. The Bertz CT molecular complexity index is 419. The molecule has 1 N–H and O–H groups in total. The topological polar surface area (TPSA) is 51.2 Å². The SMILES string of the molecule is Cc1cc(Cl)nc(Cl)c1NC(=O)OC(C)(C)C. The largest absolute Gasteiger partial charge is 0.444 e. The second-order valence-electron chi connectivity index (χ2n) is 4.55. The van der Waals surface area contributed by atoms with Crippen molar-refractivity contribution in [1.82, 2.24) is 4.98 Å². The van der Waals surface area contributed by atoms with Gasteiger partial charge in [-0.05, 0) is 39.3 Å². The van der Waals surface area contributed by atoms with Gasteiger partial charge in [-0.2, -0.15) is 0 Å². The third kappa shape index (κ3) is 4.40. The molecule has 0 bridgehead atoms. The Morgan fingerprint density at radius 2 is 2.00 bits per heavy atom. The quantitative estimate of drug-likeness (QED) is 0.788. The van der Waals surface area contributed by atoms with Crippen molar-refractivity contribution in [2.45, 2.75) is 33.3 Å². The molecule has 1 aromatic rings. The molecule has 94 valence electrons. The molecular formula is C11H14Cl2N2O2. The number of aryl methyl sites for hydroxylation is 1. The third-order valence-corrected chi connectivity index (χ3v) is 2.23. The van der Waals surface area contributed by atoms with Crippen LogP contribution >= 0.6 is 23.2 Å². The van der Waals surface area contributed by atoms with Crippen molar-refractivity contribution in [3.8, 4) is 0 Å². The van der Waals surface area contributed by atoms with E-state index in [9.17, 15) is 4.79 Å². The smallest absolute Gasteiger partial charge is 0.412 e. The number of ether oxygens (including phenoxy) is 1. The molecule has 4 nitrogen and oxygen atoms in total. The maximum Gasteiger partial charge on any atom is 0.412 e. The number of hydrogen-bond acceptors (Lipinski definition) is 3. The molecule has 0 spiro atoms. The second-order valence-corrected chi connectivity index (χ2v) is 5.30. The van der Waals surface area contributed by atoms with E-state index in [0.717, 1.165) is 5.56 Å². The summed E-state index contributed by atoms with van der Waals surface area (Å²) in [5, 5.41) is 2.97. The Balaban J connectivity index is 2.86. The first-order chi connectivity index (χ1) is 7.69. The van der Waals surface area contributed by atoms with Gasteiger partial charge in [-0.15, -0.1) is 0 Å². The Kier molecular flexibility index (Phi) is 4.22. The van der Waals surface area contributed by atoms with Crippen LogP contribution in [0.4, 0.5) is 10.5 Å². The fourth-order valence-electron chi connectivity index (χ4n) is 1.15. The van der Waals surface area contributed by atoms with Crippen LogP contribution in [0.2, 0.25) is 10.3 Å². The van der Waals surface area contributed by atoms with E-state index in [1.54, 1.807) is 33.8 Å². The number of rotatable bonds is 1. The zero-order valence-corrected chi connectivity index (χ0v) is 11.6. The molecule has 1 amide bonds. The predicted molar refractivity (Wildman–Crippen MR) is 68.9 cm³/mol. The lowest BCUT2D eigenvalue weighted by atomic mass is 10.2. The van der Waals surface area contributed by atoms with Crippen molar-refractivity contribution in [3.05, 3.63) is 21.9 Å². The van der Waals surface area contributed by atoms with E-state index in [4.69, 9.17) is 27.9 Å². The fraction of sp³-hybridized carbons (Fsp3) is 0.455. The normalized spacial score (nSPS) is 11.2. The minimum absolute atomic E-state index is 0.140. The highest BCUT2D eigenvalue weighted by Gasteiger charge is 2.18. The van der Waals surface area contributed by atoms with Crippen molar-refractivity contribution in [1.29, 1.82) is 0 Å². The molecule has 0 aliphatic carbocycles. The van der Waals surface area contributed by atoms with Gasteiger partial charge in [0.05, 0.1) is 5.69 Å². The van der Waals surface area contributed by atoms with E-state index in [2.05, 4.69) is 10.3 Å². The Labute approximate surface area is 110 Å². The van der Waals surface area contributed by atoms with Gasteiger partial charge in [0.2, 0.25) is 0 Å². The number of anilines is 1. The first-order valence-electron chi connectivity index (χ1n) is 5.01. The third-order valence-electron chi connectivity index (χ3n) is 1.77. The molecule has 1 heterocycles. The molecule has 0 radical (unpaired) electrons. The van der Waals surface area contributed by atoms with E-state index in [1.165, 1.54) is 0 Å². The summed E-state index contributed by atoms with van der Waals surface area (Å²) < 4.78 is 5.11. The lowest BCUT2D eigenvalue weighted by molar-refractivity contribution is 0.0635. The van der Waals surface area contributed by atoms with Crippen LogP contribution in [0.25, 0.3) is 0 Å². The molecular weight excluding hydrogens is 263 g/mol. The van der Waals surface area contributed by atoms with Gasteiger partial charge >= 0.3 is 6.09 Å². The monoisotopic (exact) mass is 276 g/mol. The van der Waals surface area contributed by atoms with Crippen molar-refractivity contribution in [2.75, 3.05) is 5.32 Å². The number of hydrogen-bond donors (Lipinski definition) is 1. The fourth-order valence-corrected chi connectivity index (χ4v) is 1.73. The van der Waals surface area contributed by atoms with Gasteiger partial charge in [0.15, 0.2) is 5.15 Å². The maximum atomic E-state index is 11.6. The van der Waals surface area contributed by atoms with Crippen LogP contribution in [-0.2, 0) is 4.74 Å². The van der Waals surface area contributed by atoms with Gasteiger partial charge in [-0.3, -0.25) is 5.32 Å². The first-order valence-corrected chi connectivity index (χ1v) is 5.77. The first kappa shape index (κ1) is 14.1. The number of nitrogens with zero attached hydrogens (tertiary/aromatic N) is 1. The van der Waals surface area contributed by atoms with Gasteiger partial charge in [0.1, 0.15) is 10.8 Å². The Hall–Kier alpha value is -1.00. The molecule has 0 aromatic carbocycles. The van der Waals surface area contributed by atoms with Crippen LogP contribution in [0.15, 0.2) is 6.07 Å². The predicted octanol–water partition coefficient (Wildman–Crippen LogP) is 4.04. The number of nitrogens with one attached hydrogen (secondary N) is 1. The summed E-state index contributed by atoms with van der Waals surface area (Å²) in [5.41, 5.74) is 0.566. The van der Waals surface area contributed by atoms with E-state index < -0.39 is 11.7 Å². The minimum atomic E-state index is -0.577. The van der Waals surface area contributed by atoms with Crippen molar-refractivity contribution in [3.63, 3.8) is 0 Å². The van der Waals surface area contributed by atoms with Crippen LogP contribution in [-0.4, -0.2) is 16.7 Å². The average molecular weight is 277 g/mol. The van der Waals surface area contributed by atoms with Gasteiger partial charge in [-0.1, -0.05) is 23.2 Å². The average Bonchev–Trinajstić information content (AvgIpc) is 2.08. The van der Waals surface area contributed by atoms with Crippen LogP contribution in [0.1, 0.15) is 26.3 Å². The molecule has 0 aliphatic rings. The van der Waals surface area contributed by atoms with E-state index >= 15 is 0 Å². The summed E-state index contributed by atoms with van der Waals surface area (Å²) >= 11 is 11.6. The van der Waals surface area contributed by atoms with Gasteiger partial charge in [-0.25, -0.2) is 9.78 Å². The zero-order valence-electron chi connectivity index (χ0n) is 10.1. The van der Waals surface area contributed by atoms with Crippen LogP contribution < -0.4 is 5.32 Å². The lowest BCUT2D eigenvalue weighted by Gasteiger charge is -2.20. The summed E-state index contributed by atoms with van der Waals surface area (Å²) in [5.74, 6) is 0.